The highest BCUT2D eigenvalue weighted by Crippen LogP contribution is 2.24. The van der Waals surface area contributed by atoms with Crippen LogP contribution in [0, 0.1) is 0 Å². The van der Waals surface area contributed by atoms with E-state index in [1.165, 1.54) is 11.3 Å². The van der Waals surface area contributed by atoms with E-state index in [9.17, 15) is 4.79 Å². The highest BCUT2D eigenvalue weighted by molar-refractivity contribution is 7.14. The van der Waals surface area contributed by atoms with Gasteiger partial charge in [-0.25, -0.2) is 9.78 Å². The molecule has 1 aromatic heterocycles. The summed E-state index contributed by atoms with van der Waals surface area (Å²) in [4.78, 5) is 16.8. The highest BCUT2D eigenvalue weighted by Gasteiger charge is 2.09. The van der Waals surface area contributed by atoms with Gasteiger partial charge in [0.05, 0.1) is 17.5 Å². The largest absolute Gasteiger partial charge is 0.423 e. The molecule has 0 fully saturated rings. The van der Waals surface area contributed by atoms with E-state index in [0.29, 0.717) is 21.5 Å². The zero-order valence-corrected chi connectivity index (χ0v) is 17.2. The van der Waals surface area contributed by atoms with Gasteiger partial charge in [0.1, 0.15) is 5.75 Å². The second-order valence-electron chi connectivity index (χ2n) is 6.25. The number of carbonyl (C=O) groups excluding carboxylic acids is 1. The molecule has 4 rings (SSSR count). The molecule has 0 atom stereocenters. The fraction of sp³-hybridized carbons (Fsp3) is 0. The number of aromatic nitrogens is 1. The SMILES string of the molecule is O=C(Oc1cccc(/C=N\Nc2nc(-c3ccccc3)cs2)c1)c1cccc(Cl)c1. The lowest BCUT2D eigenvalue weighted by Gasteiger charge is -2.05. The molecule has 0 radical (unpaired) electrons. The Morgan fingerprint density at radius 2 is 1.87 bits per heavy atom. The van der Waals surface area contributed by atoms with E-state index in [2.05, 4.69) is 15.5 Å². The topological polar surface area (TPSA) is 63.6 Å². The first-order valence-electron chi connectivity index (χ1n) is 9.05. The van der Waals surface area contributed by atoms with Gasteiger partial charge in [0.2, 0.25) is 5.13 Å². The molecule has 7 heteroatoms. The first-order valence-corrected chi connectivity index (χ1v) is 10.3. The number of hydrogen-bond donors (Lipinski definition) is 1. The van der Waals surface area contributed by atoms with Crippen molar-refractivity contribution in [3.8, 4) is 17.0 Å². The van der Waals surface area contributed by atoms with Crippen LogP contribution < -0.4 is 10.2 Å². The normalized spacial score (nSPS) is 10.8. The fourth-order valence-corrected chi connectivity index (χ4v) is 3.53. The van der Waals surface area contributed by atoms with Crippen LogP contribution in [0.25, 0.3) is 11.3 Å². The van der Waals surface area contributed by atoms with Gasteiger partial charge < -0.3 is 4.74 Å². The average Bonchev–Trinajstić information content (AvgIpc) is 3.24. The standard InChI is InChI=1S/C23H16ClN3O2S/c24-19-10-5-9-18(13-19)22(28)29-20-11-4-6-16(12-20)14-25-27-23-26-21(15-30-23)17-7-2-1-3-8-17/h1-15H,(H,26,27)/b25-14-. The summed E-state index contributed by atoms with van der Waals surface area (Å²) in [5.74, 6) is -0.0505. The van der Waals surface area contributed by atoms with E-state index in [-0.39, 0.29) is 0 Å². The minimum absolute atomic E-state index is 0.390. The Morgan fingerprint density at radius 1 is 1.03 bits per heavy atom. The number of thiazole rings is 1. The van der Waals surface area contributed by atoms with E-state index >= 15 is 0 Å². The maximum absolute atomic E-state index is 12.3. The van der Waals surface area contributed by atoms with Crippen LogP contribution in [-0.2, 0) is 0 Å². The van der Waals surface area contributed by atoms with Gasteiger partial charge in [-0.15, -0.1) is 11.3 Å². The van der Waals surface area contributed by atoms with E-state index in [0.717, 1.165) is 16.8 Å². The van der Waals surface area contributed by atoms with Crippen LogP contribution in [0.5, 0.6) is 5.75 Å². The van der Waals surface area contributed by atoms with Crippen molar-refractivity contribution < 1.29 is 9.53 Å². The zero-order chi connectivity index (χ0) is 20.8. The number of halogens is 1. The molecule has 30 heavy (non-hydrogen) atoms. The van der Waals surface area contributed by atoms with Crippen molar-refractivity contribution in [1.82, 2.24) is 4.98 Å². The minimum atomic E-state index is -0.471. The smallest absolute Gasteiger partial charge is 0.343 e. The summed E-state index contributed by atoms with van der Waals surface area (Å²) in [6, 6.07) is 23.7. The number of carbonyl (C=O) groups is 1. The highest BCUT2D eigenvalue weighted by atomic mass is 35.5. The molecule has 0 aliphatic carbocycles. The second-order valence-corrected chi connectivity index (χ2v) is 7.54. The number of anilines is 1. The van der Waals surface area contributed by atoms with Gasteiger partial charge in [-0.1, -0.05) is 60.1 Å². The van der Waals surface area contributed by atoms with E-state index in [4.69, 9.17) is 16.3 Å². The van der Waals surface area contributed by atoms with Crippen molar-refractivity contribution in [3.05, 3.63) is 100 Å². The van der Waals surface area contributed by atoms with Crippen LogP contribution >= 0.6 is 22.9 Å². The Hall–Kier alpha value is -3.48. The fourth-order valence-electron chi connectivity index (χ4n) is 2.67. The number of rotatable bonds is 6. The molecular formula is C23H16ClN3O2S. The number of benzene rings is 3. The summed E-state index contributed by atoms with van der Waals surface area (Å²) in [7, 11) is 0. The van der Waals surface area contributed by atoms with Gasteiger partial charge in [-0.2, -0.15) is 5.10 Å². The molecule has 3 aromatic carbocycles. The van der Waals surface area contributed by atoms with Gasteiger partial charge in [-0.05, 0) is 35.9 Å². The molecule has 0 saturated heterocycles. The summed E-state index contributed by atoms with van der Waals surface area (Å²) in [5, 5.41) is 7.37. The number of esters is 1. The summed E-state index contributed by atoms with van der Waals surface area (Å²) in [5.41, 5.74) is 6.05. The van der Waals surface area contributed by atoms with Gasteiger partial charge in [0.15, 0.2) is 0 Å². The molecule has 5 nitrogen and oxygen atoms in total. The van der Waals surface area contributed by atoms with Gasteiger partial charge >= 0.3 is 5.97 Å². The van der Waals surface area contributed by atoms with Crippen molar-refractivity contribution in [2.24, 2.45) is 5.10 Å². The Morgan fingerprint density at radius 3 is 2.70 bits per heavy atom. The number of hydrazone groups is 1. The first-order chi connectivity index (χ1) is 14.7. The van der Waals surface area contributed by atoms with Gasteiger partial charge in [-0.3, -0.25) is 5.43 Å². The van der Waals surface area contributed by atoms with Crippen LogP contribution in [0.2, 0.25) is 5.02 Å². The minimum Gasteiger partial charge on any atom is -0.423 e. The van der Waals surface area contributed by atoms with Gasteiger partial charge in [0.25, 0.3) is 0 Å². The Balaban J connectivity index is 1.39. The third-order valence-corrected chi connectivity index (χ3v) is 5.06. The third-order valence-electron chi connectivity index (χ3n) is 4.08. The lowest BCUT2D eigenvalue weighted by Crippen LogP contribution is -2.08. The molecule has 0 aliphatic heterocycles. The number of nitrogens with one attached hydrogen (secondary N) is 1. The van der Waals surface area contributed by atoms with Crippen molar-refractivity contribution in [2.45, 2.75) is 0 Å². The van der Waals surface area contributed by atoms with E-state index in [1.54, 1.807) is 48.7 Å². The van der Waals surface area contributed by atoms with Crippen molar-refractivity contribution in [2.75, 3.05) is 5.43 Å². The van der Waals surface area contributed by atoms with Crippen LogP contribution in [0.3, 0.4) is 0 Å². The molecule has 0 amide bonds. The summed E-state index contributed by atoms with van der Waals surface area (Å²) < 4.78 is 5.42. The monoisotopic (exact) mass is 433 g/mol. The van der Waals surface area contributed by atoms with Crippen LogP contribution in [0.1, 0.15) is 15.9 Å². The van der Waals surface area contributed by atoms with E-state index < -0.39 is 5.97 Å². The Bertz CT molecular complexity index is 1190. The van der Waals surface area contributed by atoms with Crippen molar-refractivity contribution >= 4 is 40.3 Å². The van der Waals surface area contributed by atoms with Crippen molar-refractivity contribution in [3.63, 3.8) is 0 Å². The average molecular weight is 434 g/mol. The van der Waals surface area contributed by atoms with Crippen molar-refractivity contribution in [1.29, 1.82) is 0 Å². The maximum Gasteiger partial charge on any atom is 0.343 e. The summed E-state index contributed by atoms with van der Waals surface area (Å²) in [6.45, 7) is 0. The Labute approximate surface area is 182 Å². The number of hydrogen-bond acceptors (Lipinski definition) is 6. The predicted molar refractivity (Wildman–Crippen MR) is 122 cm³/mol. The second kappa shape index (κ2) is 9.35. The molecule has 0 unspecified atom stereocenters. The number of nitrogens with zero attached hydrogens (tertiary/aromatic N) is 2. The summed E-state index contributed by atoms with van der Waals surface area (Å²) in [6.07, 6.45) is 1.64. The van der Waals surface area contributed by atoms with Crippen LogP contribution in [0.15, 0.2) is 89.3 Å². The van der Waals surface area contributed by atoms with Crippen LogP contribution in [-0.4, -0.2) is 17.2 Å². The summed E-state index contributed by atoms with van der Waals surface area (Å²) >= 11 is 7.40. The zero-order valence-electron chi connectivity index (χ0n) is 15.7. The molecular weight excluding hydrogens is 418 g/mol. The third kappa shape index (κ3) is 5.11. The van der Waals surface area contributed by atoms with Crippen LogP contribution in [0.4, 0.5) is 5.13 Å². The quantitative estimate of drug-likeness (QED) is 0.172. The lowest BCUT2D eigenvalue weighted by molar-refractivity contribution is 0.0735. The molecule has 4 aromatic rings. The molecule has 0 aliphatic rings. The first kappa shape index (κ1) is 19.8. The molecule has 1 heterocycles. The molecule has 0 saturated carbocycles. The predicted octanol–water partition coefficient (Wildman–Crippen LogP) is 6.13. The molecule has 0 bridgehead atoms. The Kier molecular flexibility index (Phi) is 6.17. The van der Waals surface area contributed by atoms with Gasteiger partial charge in [0, 0.05) is 16.0 Å². The lowest BCUT2D eigenvalue weighted by atomic mass is 10.2. The maximum atomic E-state index is 12.3. The van der Waals surface area contributed by atoms with E-state index in [1.807, 2.05) is 41.8 Å². The number of ether oxygens (including phenoxy) is 1. The molecule has 0 spiro atoms. The molecule has 1 N–H and O–H groups in total. The molecule has 148 valence electrons.